The maximum absolute atomic E-state index is 13.4. The van der Waals surface area contributed by atoms with Crippen LogP contribution in [0.5, 0.6) is 5.75 Å². The van der Waals surface area contributed by atoms with Gasteiger partial charge < -0.3 is 4.74 Å². The Morgan fingerprint density at radius 2 is 1.68 bits per heavy atom. The van der Waals surface area contributed by atoms with Gasteiger partial charge in [-0.25, -0.2) is 13.6 Å². The summed E-state index contributed by atoms with van der Waals surface area (Å²) in [5.41, 5.74) is -0.887. The van der Waals surface area contributed by atoms with Gasteiger partial charge in [0.1, 0.15) is 17.2 Å². The molecule has 2 aromatic rings. The smallest absolute Gasteiger partial charge is 0.408 e. The summed E-state index contributed by atoms with van der Waals surface area (Å²) in [4.78, 5) is 23.2. The van der Waals surface area contributed by atoms with Crippen LogP contribution in [-0.2, 0) is 0 Å². The summed E-state index contributed by atoms with van der Waals surface area (Å²) in [6.45, 7) is 0. The van der Waals surface area contributed by atoms with Crippen molar-refractivity contribution in [1.82, 2.24) is 5.32 Å². The van der Waals surface area contributed by atoms with Gasteiger partial charge in [-0.1, -0.05) is 29.3 Å². The SMILES string of the molecule is O=C(NC(=O)c1c(F)cccc1F)Oc1ccc(Cl)cc1Cl. The molecule has 0 heterocycles. The van der Waals surface area contributed by atoms with Crippen LogP contribution in [0.4, 0.5) is 13.6 Å². The molecule has 2 aromatic carbocycles. The molecule has 2 amide bonds. The van der Waals surface area contributed by atoms with E-state index in [0.29, 0.717) is 5.02 Å². The number of benzene rings is 2. The second-order valence-electron chi connectivity index (χ2n) is 4.02. The van der Waals surface area contributed by atoms with Crippen LogP contribution in [0.1, 0.15) is 10.4 Å². The molecule has 4 nitrogen and oxygen atoms in total. The molecule has 0 atom stereocenters. The first-order valence-electron chi connectivity index (χ1n) is 5.80. The Balaban J connectivity index is 2.10. The first-order valence-corrected chi connectivity index (χ1v) is 6.56. The Morgan fingerprint density at radius 1 is 1.05 bits per heavy atom. The van der Waals surface area contributed by atoms with Crippen LogP contribution in [0.2, 0.25) is 10.0 Å². The number of imide groups is 1. The maximum Gasteiger partial charge on any atom is 0.419 e. The Morgan fingerprint density at radius 3 is 2.27 bits per heavy atom. The van der Waals surface area contributed by atoms with Crippen LogP contribution >= 0.6 is 23.2 Å². The van der Waals surface area contributed by atoms with Crippen LogP contribution in [-0.4, -0.2) is 12.0 Å². The number of carbonyl (C=O) groups is 2. The van der Waals surface area contributed by atoms with Crippen molar-refractivity contribution in [2.24, 2.45) is 0 Å². The van der Waals surface area contributed by atoms with E-state index in [1.54, 1.807) is 5.32 Å². The van der Waals surface area contributed by atoms with Crippen molar-refractivity contribution in [3.05, 3.63) is 63.6 Å². The molecular formula is C14H7Cl2F2NO3. The average Bonchev–Trinajstić information content (AvgIpc) is 2.41. The van der Waals surface area contributed by atoms with E-state index in [4.69, 9.17) is 27.9 Å². The maximum atomic E-state index is 13.4. The zero-order valence-corrected chi connectivity index (χ0v) is 12.2. The highest BCUT2D eigenvalue weighted by molar-refractivity contribution is 6.35. The van der Waals surface area contributed by atoms with Gasteiger partial charge in [0, 0.05) is 5.02 Å². The third-order valence-corrected chi connectivity index (χ3v) is 3.03. The molecule has 0 aromatic heterocycles. The average molecular weight is 346 g/mol. The third-order valence-electron chi connectivity index (χ3n) is 2.50. The van der Waals surface area contributed by atoms with Crippen molar-refractivity contribution in [3.8, 4) is 5.75 Å². The number of hydrogen-bond acceptors (Lipinski definition) is 3. The second-order valence-corrected chi connectivity index (χ2v) is 4.86. The van der Waals surface area contributed by atoms with E-state index in [9.17, 15) is 18.4 Å². The van der Waals surface area contributed by atoms with Crippen molar-refractivity contribution < 1.29 is 23.1 Å². The molecule has 8 heteroatoms. The van der Waals surface area contributed by atoms with E-state index >= 15 is 0 Å². The fraction of sp³-hybridized carbons (Fsp3) is 0. The first-order chi connectivity index (χ1) is 10.4. The number of halogens is 4. The van der Waals surface area contributed by atoms with Gasteiger partial charge >= 0.3 is 6.09 Å². The minimum Gasteiger partial charge on any atom is -0.408 e. The molecule has 0 unspecified atom stereocenters. The van der Waals surface area contributed by atoms with E-state index in [2.05, 4.69) is 0 Å². The Labute approximate surface area is 133 Å². The van der Waals surface area contributed by atoms with Gasteiger partial charge in [0.2, 0.25) is 0 Å². The molecule has 0 fully saturated rings. The standard InChI is InChI=1S/C14H7Cl2F2NO3/c15-7-4-5-11(8(16)6-7)22-14(21)19-13(20)12-9(17)2-1-3-10(12)18/h1-6H,(H,19,20,21). The molecule has 114 valence electrons. The van der Waals surface area contributed by atoms with Crippen molar-refractivity contribution in [2.75, 3.05) is 0 Å². The van der Waals surface area contributed by atoms with Crippen LogP contribution in [0.25, 0.3) is 0 Å². The van der Waals surface area contributed by atoms with Crippen molar-refractivity contribution in [3.63, 3.8) is 0 Å². The highest BCUT2D eigenvalue weighted by atomic mass is 35.5. The molecule has 22 heavy (non-hydrogen) atoms. The molecule has 0 saturated carbocycles. The largest absolute Gasteiger partial charge is 0.419 e. The molecule has 0 radical (unpaired) electrons. The van der Waals surface area contributed by atoms with Crippen LogP contribution in [0, 0.1) is 11.6 Å². The first kappa shape index (κ1) is 16.2. The zero-order chi connectivity index (χ0) is 16.3. The summed E-state index contributed by atoms with van der Waals surface area (Å²) >= 11 is 11.5. The predicted molar refractivity (Wildman–Crippen MR) is 76.3 cm³/mol. The van der Waals surface area contributed by atoms with E-state index in [1.165, 1.54) is 18.2 Å². The molecule has 0 aliphatic heterocycles. The van der Waals surface area contributed by atoms with Crippen molar-refractivity contribution in [1.29, 1.82) is 0 Å². The molecule has 1 N–H and O–H groups in total. The molecule has 0 aliphatic carbocycles. The van der Waals surface area contributed by atoms with E-state index in [1.807, 2.05) is 0 Å². The summed E-state index contributed by atoms with van der Waals surface area (Å²) in [7, 11) is 0. The van der Waals surface area contributed by atoms with E-state index < -0.39 is 29.2 Å². The normalized spacial score (nSPS) is 10.2. The number of nitrogens with one attached hydrogen (secondary N) is 1. The van der Waals surface area contributed by atoms with Crippen LogP contribution < -0.4 is 10.1 Å². The summed E-state index contributed by atoms with van der Waals surface area (Å²) < 4.78 is 31.6. The zero-order valence-electron chi connectivity index (χ0n) is 10.7. The van der Waals surface area contributed by atoms with E-state index in [0.717, 1.165) is 18.2 Å². The fourth-order valence-corrected chi connectivity index (χ4v) is 2.00. The lowest BCUT2D eigenvalue weighted by molar-refractivity contribution is 0.0942. The minimum atomic E-state index is -1.27. The summed E-state index contributed by atoms with van der Waals surface area (Å²) in [6, 6.07) is 6.91. The van der Waals surface area contributed by atoms with Crippen LogP contribution in [0.3, 0.4) is 0 Å². The summed E-state index contributed by atoms with van der Waals surface area (Å²) in [5.74, 6) is -3.54. The van der Waals surface area contributed by atoms with Gasteiger partial charge in [0.25, 0.3) is 5.91 Å². The highest BCUT2D eigenvalue weighted by Crippen LogP contribution is 2.27. The number of ether oxygens (including phenoxy) is 1. The lowest BCUT2D eigenvalue weighted by atomic mass is 10.2. The molecule has 0 spiro atoms. The quantitative estimate of drug-likeness (QED) is 0.887. The Kier molecular flexibility index (Phi) is 4.95. The summed E-state index contributed by atoms with van der Waals surface area (Å²) in [6.07, 6.45) is -1.24. The van der Waals surface area contributed by atoms with Crippen molar-refractivity contribution >= 4 is 35.2 Å². The van der Waals surface area contributed by atoms with Gasteiger partial charge in [-0.05, 0) is 30.3 Å². The predicted octanol–water partition coefficient (Wildman–Crippen LogP) is 4.20. The van der Waals surface area contributed by atoms with E-state index in [-0.39, 0.29) is 10.8 Å². The lowest BCUT2D eigenvalue weighted by Crippen LogP contribution is -2.34. The second kappa shape index (κ2) is 6.72. The van der Waals surface area contributed by atoms with Gasteiger partial charge in [0.05, 0.1) is 5.02 Å². The summed E-state index contributed by atoms with van der Waals surface area (Å²) in [5, 5.41) is 2.05. The van der Waals surface area contributed by atoms with Gasteiger partial charge in [-0.15, -0.1) is 0 Å². The number of hydrogen-bond donors (Lipinski definition) is 1. The number of carbonyl (C=O) groups excluding carboxylic acids is 2. The van der Waals surface area contributed by atoms with Gasteiger partial charge in [0.15, 0.2) is 5.75 Å². The third kappa shape index (κ3) is 3.72. The Bertz CT molecular complexity index is 733. The lowest BCUT2D eigenvalue weighted by Gasteiger charge is -2.08. The Hall–Kier alpha value is -2.18. The topological polar surface area (TPSA) is 55.4 Å². The van der Waals surface area contributed by atoms with Crippen molar-refractivity contribution in [2.45, 2.75) is 0 Å². The molecule has 0 saturated heterocycles. The van der Waals surface area contributed by atoms with Crippen LogP contribution in [0.15, 0.2) is 36.4 Å². The van der Waals surface area contributed by atoms with Gasteiger partial charge in [-0.3, -0.25) is 10.1 Å². The monoisotopic (exact) mass is 345 g/mol. The van der Waals surface area contributed by atoms with Gasteiger partial charge in [-0.2, -0.15) is 0 Å². The molecule has 2 rings (SSSR count). The molecule has 0 bridgehead atoms. The minimum absolute atomic E-state index is 0.0344. The molecular weight excluding hydrogens is 339 g/mol. The highest BCUT2D eigenvalue weighted by Gasteiger charge is 2.20. The fourth-order valence-electron chi connectivity index (χ4n) is 1.55. The molecule has 0 aliphatic rings. The number of amides is 2. The number of rotatable bonds is 2.